The van der Waals surface area contributed by atoms with E-state index in [-0.39, 0.29) is 0 Å². The lowest BCUT2D eigenvalue weighted by Gasteiger charge is -2.17. The van der Waals surface area contributed by atoms with Crippen molar-refractivity contribution < 1.29 is 4.74 Å². The van der Waals surface area contributed by atoms with Crippen LogP contribution in [0.2, 0.25) is 0 Å². The van der Waals surface area contributed by atoms with Gasteiger partial charge in [-0.05, 0) is 34.0 Å². The molecule has 1 atom stereocenters. The molecule has 5 nitrogen and oxygen atoms in total. The van der Waals surface area contributed by atoms with E-state index < -0.39 is 0 Å². The fourth-order valence-corrected chi connectivity index (χ4v) is 1.31. The van der Waals surface area contributed by atoms with Gasteiger partial charge in [-0.3, -0.25) is 0 Å². The van der Waals surface area contributed by atoms with Crippen molar-refractivity contribution in [2.24, 2.45) is 0 Å². The molecule has 0 saturated heterocycles. The number of ether oxygens (including phenoxy) is 1. The Hall–Kier alpha value is -1.36. The van der Waals surface area contributed by atoms with Gasteiger partial charge >= 0.3 is 0 Å². The lowest BCUT2D eigenvalue weighted by molar-refractivity contribution is 0.389. The van der Waals surface area contributed by atoms with E-state index >= 15 is 0 Å². The molecule has 0 bridgehead atoms. The molecule has 1 aromatic heterocycles. The van der Waals surface area contributed by atoms with Gasteiger partial charge in [0, 0.05) is 12.1 Å². The maximum Gasteiger partial charge on any atom is 0.218 e. The van der Waals surface area contributed by atoms with Gasteiger partial charge in [-0.15, -0.1) is 0 Å². The lowest BCUT2D eigenvalue weighted by atomic mass is 10.2. The summed E-state index contributed by atoms with van der Waals surface area (Å²) in [4.78, 5) is 10.3. The van der Waals surface area contributed by atoms with Crippen LogP contribution in [-0.4, -0.2) is 48.7 Å². The SMILES string of the molecule is COc1cc(NC(C)CCN(C)C)ncn1. The van der Waals surface area contributed by atoms with Crippen LogP contribution in [0, 0.1) is 0 Å². The second-order valence-electron chi connectivity index (χ2n) is 4.08. The molecule has 0 saturated carbocycles. The zero-order valence-electron chi connectivity index (χ0n) is 10.4. The predicted molar refractivity (Wildman–Crippen MR) is 64.8 cm³/mol. The first-order chi connectivity index (χ1) is 7.61. The highest BCUT2D eigenvalue weighted by Crippen LogP contribution is 2.11. The summed E-state index contributed by atoms with van der Waals surface area (Å²) in [5.74, 6) is 1.38. The predicted octanol–water partition coefficient (Wildman–Crippen LogP) is 1.24. The standard InChI is InChI=1S/C11H20N4O/c1-9(5-6-15(2)3)14-10-7-11(16-4)13-8-12-10/h7-9H,5-6H2,1-4H3,(H,12,13,14). The van der Waals surface area contributed by atoms with Crippen molar-refractivity contribution >= 4 is 5.82 Å². The number of rotatable bonds is 6. The van der Waals surface area contributed by atoms with Crippen LogP contribution >= 0.6 is 0 Å². The minimum absolute atomic E-state index is 0.377. The van der Waals surface area contributed by atoms with E-state index in [1.165, 1.54) is 6.33 Å². The van der Waals surface area contributed by atoms with Gasteiger partial charge in [0.25, 0.3) is 0 Å². The van der Waals surface area contributed by atoms with E-state index in [9.17, 15) is 0 Å². The third-order valence-corrected chi connectivity index (χ3v) is 2.25. The monoisotopic (exact) mass is 224 g/mol. The highest BCUT2D eigenvalue weighted by molar-refractivity contribution is 5.37. The van der Waals surface area contributed by atoms with Crippen LogP contribution < -0.4 is 10.1 Å². The third-order valence-electron chi connectivity index (χ3n) is 2.25. The number of anilines is 1. The summed E-state index contributed by atoms with van der Waals surface area (Å²) in [6.45, 7) is 3.19. The Morgan fingerprint density at radius 1 is 1.44 bits per heavy atom. The van der Waals surface area contributed by atoms with E-state index in [0.29, 0.717) is 11.9 Å². The molecule has 0 aliphatic heterocycles. The van der Waals surface area contributed by atoms with Crippen LogP contribution in [-0.2, 0) is 0 Å². The van der Waals surface area contributed by atoms with E-state index in [1.54, 1.807) is 13.2 Å². The topological polar surface area (TPSA) is 50.3 Å². The largest absolute Gasteiger partial charge is 0.481 e. The number of methoxy groups -OCH3 is 1. The van der Waals surface area contributed by atoms with Crippen LogP contribution in [0.5, 0.6) is 5.88 Å². The fraction of sp³-hybridized carbons (Fsp3) is 0.636. The Bertz CT molecular complexity index is 317. The van der Waals surface area contributed by atoms with Gasteiger partial charge in [0.15, 0.2) is 0 Å². The summed E-state index contributed by atoms with van der Waals surface area (Å²) in [5.41, 5.74) is 0. The molecule has 0 amide bonds. The van der Waals surface area contributed by atoms with Crippen molar-refractivity contribution in [3.8, 4) is 5.88 Å². The van der Waals surface area contributed by atoms with Gasteiger partial charge in [-0.1, -0.05) is 0 Å². The van der Waals surface area contributed by atoms with Crippen molar-refractivity contribution in [2.75, 3.05) is 33.1 Å². The molecule has 1 N–H and O–H groups in total. The van der Waals surface area contributed by atoms with Crippen LogP contribution in [0.4, 0.5) is 5.82 Å². The summed E-state index contributed by atoms with van der Waals surface area (Å²) in [6, 6.07) is 2.17. The second-order valence-corrected chi connectivity index (χ2v) is 4.08. The number of nitrogens with one attached hydrogen (secondary N) is 1. The molecular formula is C11H20N4O. The minimum atomic E-state index is 0.377. The zero-order chi connectivity index (χ0) is 12.0. The molecule has 0 aliphatic rings. The third kappa shape index (κ3) is 4.44. The Kier molecular flexibility index (Phi) is 4.98. The van der Waals surface area contributed by atoms with Crippen molar-refractivity contribution in [1.29, 1.82) is 0 Å². The molecular weight excluding hydrogens is 204 g/mol. The van der Waals surface area contributed by atoms with Crippen molar-refractivity contribution in [3.05, 3.63) is 12.4 Å². The average Bonchev–Trinajstić information content (AvgIpc) is 2.26. The van der Waals surface area contributed by atoms with Crippen LogP contribution in [0.1, 0.15) is 13.3 Å². The van der Waals surface area contributed by atoms with E-state index in [4.69, 9.17) is 4.74 Å². The molecule has 1 heterocycles. The van der Waals surface area contributed by atoms with E-state index in [1.807, 2.05) is 0 Å². The van der Waals surface area contributed by atoms with Gasteiger partial charge in [-0.2, -0.15) is 0 Å². The molecule has 0 aromatic carbocycles. The van der Waals surface area contributed by atoms with E-state index in [0.717, 1.165) is 18.8 Å². The van der Waals surface area contributed by atoms with Gasteiger partial charge in [0.2, 0.25) is 5.88 Å². The molecule has 90 valence electrons. The summed E-state index contributed by atoms with van der Waals surface area (Å²) in [5, 5.41) is 3.31. The summed E-state index contributed by atoms with van der Waals surface area (Å²) < 4.78 is 5.04. The minimum Gasteiger partial charge on any atom is -0.481 e. The molecule has 0 fully saturated rings. The lowest BCUT2D eigenvalue weighted by Crippen LogP contribution is -2.23. The van der Waals surface area contributed by atoms with Crippen molar-refractivity contribution in [2.45, 2.75) is 19.4 Å². The quantitative estimate of drug-likeness (QED) is 0.787. The Labute approximate surface area is 96.8 Å². The smallest absolute Gasteiger partial charge is 0.218 e. The van der Waals surface area contributed by atoms with Gasteiger partial charge in [-0.25, -0.2) is 9.97 Å². The van der Waals surface area contributed by atoms with Crippen LogP contribution in [0.15, 0.2) is 12.4 Å². The molecule has 1 unspecified atom stereocenters. The number of nitrogens with zero attached hydrogens (tertiary/aromatic N) is 3. The molecule has 1 rings (SSSR count). The zero-order valence-corrected chi connectivity index (χ0v) is 10.4. The maximum atomic E-state index is 5.04. The summed E-state index contributed by atoms with van der Waals surface area (Å²) in [6.07, 6.45) is 2.57. The van der Waals surface area contributed by atoms with Gasteiger partial charge < -0.3 is 15.0 Å². The fourth-order valence-electron chi connectivity index (χ4n) is 1.31. The van der Waals surface area contributed by atoms with Crippen molar-refractivity contribution in [1.82, 2.24) is 14.9 Å². The van der Waals surface area contributed by atoms with Gasteiger partial charge in [0.05, 0.1) is 7.11 Å². The number of hydrogen-bond acceptors (Lipinski definition) is 5. The highest BCUT2D eigenvalue weighted by Gasteiger charge is 2.04. The van der Waals surface area contributed by atoms with Crippen LogP contribution in [0.3, 0.4) is 0 Å². The molecule has 0 aliphatic carbocycles. The number of hydrogen-bond donors (Lipinski definition) is 1. The number of aromatic nitrogens is 2. The molecule has 0 radical (unpaired) electrons. The first-order valence-electron chi connectivity index (χ1n) is 5.39. The normalized spacial score (nSPS) is 12.6. The molecule has 0 spiro atoms. The highest BCUT2D eigenvalue weighted by atomic mass is 16.5. The maximum absolute atomic E-state index is 5.04. The summed E-state index contributed by atoms with van der Waals surface area (Å²) in [7, 11) is 5.74. The van der Waals surface area contributed by atoms with Crippen LogP contribution in [0.25, 0.3) is 0 Å². The Balaban J connectivity index is 2.45. The van der Waals surface area contributed by atoms with Gasteiger partial charge in [0.1, 0.15) is 12.1 Å². The molecule has 16 heavy (non-hydrogen) atoms. The summed E-state index contributed by atoms with van der Waals surface area (Å²) >= 11 is 0. The first-order valence-corrected chi connectivity index (χ1v) is 5.39. The average molecular weight is 224 g/mol. The first kappa shape index (κ1) is 12.7. The Morgan fingerprint density at radius 2 is 2.19 bits per heavy atom. The molecule has 5 heteroatoms. The molecule has 1 aromatic rings. The second kappa shape index (κ2) is 6.27. The Morgan fingerprint density at radius 3 is 2.81 bits per heavy atom. The van der Waals surface area contributed by atoms with Crippen molar-refractivity contribution in [3.63, 3.8) is 0 Å². The van der Waals surface area contributed by atoms with E-state index in [2.05, 4.69) is 41.2 Å².